The van der Waals surface area contributed by atoms with Crippen LogP contribution in [0.25, 0.3) is 0 Å². The lowest BCUT2D eigenvalue weighted by molar-refractivity contribution is 0.592. The third-order valence-electron chi connectivity index (χ3n) is 0.399. The van der Waals surface area contributed by atoms with E-state index in [4.69, 9.17) is 0 Å². The van der Waals surface area contributed by atoms with E-state index in [2.05, 4.69) is 15.9 Å². The van der Waals surface area contributed by atoms with Gasteiger partial charge in [0.25, 0.3) is 0 Å². The maximum absolute atomic E-state index is 10.2. The van der Waals surface area contributed by atoms with Gasteiger partial charge >= 0.3 is 7.80 Å². The summed E-state index contributed by atoms with van der Waals surface area (Å²) in [5.41, 5.74) is 0. The van der Waals surface area contributed by atoms with E-state index in [0.29, 0.717) is 0 Å². The molecule has 36 valence electrons. The molecule has 0 N–H and O–H groups in total. The number of halogens is 1. The monoisotopic (exact) mass is 169 g/mol. The molecule has 0 saturated carbocycles. The van der Waals surface area contributed by atoms with Gasteiger partial charge in [-0.2, -0.15) is 0 Å². The van der Waals surface area contributed by atoms with Gasteiger partial charge in [-0.15, -0.1) is 0 Å². The Kier molecular flexibility index (Phi) is 4.12. The second-order valence-corrected chi connectivity index (χ2v) is 3.54. The van der Waals surface area contributed by atoms with Crippen molar-refractivity contribution < 1.29 is 4.57 Å². The van der Waals surface area contributed by atoms with Crippen LogP contribution in [0, 0.1) is 0 Å². The Morgan fingerprint density at radius 2 is 2.33 bits per heavy atom. The topological polar surface area (TPSA) is 17.1 Å². The van der Waals surface area contributed by atoms with Gasteiger partial charge in [-0.05, 0) is 0 Å². The normalized spacial score (nSPS) is 11.3. The van der Waals surface area contributed by atoms with Crippen molar-refractivity contribution in [1.29, 1.82) is 0 Å². The Morgan fingerprint density at radius 1 is 1.83 bits per heavy atom. The Balaban J connectivity index is 2.83. The van der Waals surface area contributed by atoms with Crippen LogP contribution >= 0.6 is 23.7 Å². The van der Waals surface area contributed by atoms with Crippen LogP contribution in [0.1, 0.15) is 0 Å². The molecule has 0 aliphatic carbocycles. The second kappa shape index (κ2) is 3.76. The molecule has 0 aromatic carbocycles. The summed E-state index contributed by atoms with van der Waals surface area (Å²) in [4.78, 5) is 0. The average molecular weight is 170 g/mol. The van der Waals surface area contributed by atoms with Crippen LogP contribution < -0.4 is 0 Å². The Labute approximate surface area is 47.0 Å². The highest BCUT2D eigenvalue weighted by atomic mass is 79.9. The summed E-state index contributed by atoms with van der Waals surface area (Å²) in [5.74, 6) is 0. The molecule has 0 aromatic rings. The van der Waals surface area contributed by atoms with Gasteiger partial charge in [-0.25, -0.2) is 0 Å². The first-order valence-electron chi connectivity index (χ1n) is 1.71. The van der Waals surface area contributed by atoms with Gasteiger partial charge in [0.05, 0.1) is 0 Å². The molecular weight excluding hydrogens is 163 g/mol. The molecule has 0 spiro atoms. The summed E-state index contributed by atoms with van der Waals surface area (Å²) in [6.45, 7) is 1.73. The summed E-state index contributed by atoms with van der Waals surface area (Å²) < 4.78 is 10.2. The fourth-order valence-corrected chi connectivity index (χ4v) is 1.86. The van der Waals surface area contributed by atoms with E-state index >= 15 is 0 Å². The molecule has 0 rings (SSSR count). The molecule has 1 nitrogen and oxygen atoms in total. The van der Waals surface area contributed by atoms with E-state index in [1.54, 1.807) is 6.66 Å². The highest BCUT2D eigenvalue weighted by Gasteiger charge is 1.99. The van der Waals surface area contributed by atoms with Gasteiger partial charge in [-0.1, -0.05) is 20.5 Å². The molecular formula is C3H7BrOP+. The van der Waals surface area contributed by atoms with Crippen molar-refractivity contribution in [3.8, 4) is 0 Å². The number of hydrogen-bond acceptors (Lipinski definition) is 1. The lowest BCUT2D eigenvalue weighted by Crippen LogP contribution is -1.72. The molecule has 0 amide bonds. The fourth-order valence-electron chi connectivity index (χ4n) is 0.119. The molecule has 0 aliphatic heterocycles. The highest BCUT2D eigenvalue weighted by molar-refractivity contribution is 9.09. The lowest BCUT2D eigenvalue weighted by Gasteiger charge is -1.66. The standard InChI is InChI=1S/C3H7BrOP/c1-6(5)3-2-4/h2-3H2,1H3/q+1. The molecule has 0 aliphatic rings. The van der Waals surface area contributed by atoms with E-state index in [-0.39, 0.29) is 0 Å². The minimum absolute atomic E-state index is 0.801. The summed E-state index contributed by atoms with van der Waals surface area (Å²) in [7, 11) is -0.897. The minimum atomic E-state index is -0.897. The fraction of sp³-hybridized carbons (Fsp3) is 1.00. The van der Waals surface area contributed by atoms with Crippen LogP contribution in [-0.2, 0) is 4.57 Å². The van der Waals surface area contributed by atoms with Gasteiger partial charge in [0.15, 0.2) is 6.16 Å². The van der Waals surface area contributed by atoms with Crippen molar-refractivity contribution >= 4 is 23.7 Å². The first kappa shape index (κ1) is 6.58. The third kappa shape index (κ3) is 4.58. The molecule has 6 heavy (non-hydrogen) atoms. The molecule has 1 atom stereocenters. The van der Waals surface area contributed by atoms with Crippen LogP contribution in [0.2, 0.25) is 0 Å². The molecule has 1 unspecified atom stereocenters. The predicted octanol–water partition coefficient (Wildman–Crippen LogP) is 1.84. The summed E-state index contributed by atoms with van der Waals surface area (Å²) >= 11 is 3.17. The molecule has 0 radical (unpaired) electrons. The maximum atomic E-state index is 10.2. The van der Waals surface area contributed by atoms with Gasteiger partial charge in [0, 0.05) is 5.33 Å². The zero-order chi connectivity index (χ0) is 4.99. The molecule has 3 heteroatoms. The van der Waals surface area contributed by atoms with E-state index in [1.165, 1.54) is 0 Å². The van der Waals surface area contributed by atoms with Crippen LogP contribution in [0.15, 0.2) is 0 Å². The largest absolute Gasteiger partial charge is 0.336 e. The van der Waals surface area contributed by atoms with E-state index in [1.807, 2.05) is 0 Å². The predicted molar refractivity (Wildman–Crippen MR) is 32.2 cm³/mol. The second-order valence-electron chi connectivity index (χ2n) is 1.04. The zero-order valence-corrected chi connectivity index (χ0v) is 6.13. The lowest BCUT2D eigenvalue weighted by atomic mass is 11.0. The first-order chi connectivity index (χ1) is 2.77. The minimum Gasteiger partial charge on any atom is -0.0882 e. The van der Waals surface area contributed by atoms with Crippen LogP contribution in [0.5, 0.6) is 0 Å². The number of hydrogen-bond donors (Lipinski definition) is 0. The molecule has 0 saturated heterocycles. The molecule has 0 aromatic heterocycles. The van der Waals surface area contributed by atoms with Crippen molar-refractivity contribution in [1.82, 2.24) is 0 Å². The third-order valence-corrected chi connectivity index (χ3v) is 2.26. The summed E-state index contributed by atoms with van der Waals surface area (Å²) in [6.07, 6.45) is 0.801. The van der Waals surface area contributed by atoms with Crippen molar-refractivity contribution in [3.05, 3.63) is 0 Å². The van der Waals surface area contributed by atoms with Crippen LogP contribution in [-0.4, -0.2) is 18.2 Å². The van der Waals surface area contributed by atoms with Crippen molar-refractivity contribution in [2.45, 2.75) is 0 Å². The van der Waals surface area contributed by atoms with Gasteiger partial charge < -0.3 is 0 Å². The van der Waals surface area contributed by atoms with Gasteiger partial charge in [0.1, 0.15) is 6.66 Å². The summed E-state index contributed by atoms with van der Waals surface area (Å²) in [5, 5.41) is 0.860. The van der Waals surface area contributed by atoms with Gasteiger partial charge in [0.2, 0.25) is 0 Å². The van der Waals surface area contributed by atoms with E-state index < -0.39 is 7.80 Å². The maximum Gasteiger partial charge on any atom is 0.336 e. The Morgan fingerprint density at radius 3 is 2.33 bits per heavy atom. The average Bonchev–Trinajstić information content (AvgIpc) is 1.35. The smallest absolute Gasteiger partial charge is 0.0882 e. The van der Waals surface area contributed by atoms with Gasteiger partial charge in [-0.3, -0.25) is 0 Å². The Hall–Kier alpha value is 0.580. The molecule has 0 bridgehead atoms. The molecule has 0 heterocycles. The van der Waals surface area contributed by atoms with E-state index in [0.717, 1.165) is 11.5 Å². The van der Waals surface area contributed by atoms with E-state index in [9.17, 15) is 4.57 Å². The quantitative estimate of drug-likeness (QED) is 0.456. The van der Waals surface area contributed by atoms with Crippen molar-refractivity contribution in [3.63, 3.8) is 0 Å². The van der Waals surface area contributed by atoms with Crippen molar-refractivity contribution in [2.24, 2.45) is 0 Å². The highest BCUT2D eigenvalue weighted by Crippen LogP contribution is 2.12. The molecule has 0 fully saturated rings. The zero-order valence-electron chi connectivity index (χ0n) is 3.65. The van der Waals surface area contributed by atoms with Crippen molar-refractivity contribution in [2.75, 3.05) is 18.2 Å². The first-order valence-corrected chi connectivity index (χ1v) is 4.73. The van der Waals surface area contributed by atoms with Crippen LogP contribution in [0.4, 0.5) is 0 Å². The number of rotatable bonds is 2. The number of alkyl halides is 1. The Bertz CT molecular complexity index is 54.8. The summed E-state index contributed by atoms with van der Waals surface area (Å²) in [6, 6.07) is 0. The van der Waals surface area contributed by atoms with Crippen LogP contribution in [0.3, 0.4) is 0 Å². The SMILES string of the molecule is C[P+](=O)CCBr.